The third-order valence-corrected chi connectivity index (χ3v) is 5.05. The second kappa shape index (κ2) is 7.16. The number of amides is 2. The summed E-state index contributed by atoms with van der Waals surface area (Å²) in [6, 6.07) is 8.66. The van der Waals surface area contributed by atoms with Crippen molar-refractivity contribution in [3.63, 3.8) is 0 Å². The van der Waals surface area contributed by atoms with Crippen LogP contribution in [0.2, 0.25) is 0 Å². The number of rotatable bonds is 4. The van der Waals surface area contributed by atoms with Crippen LogP contribution in [0.25, 0.3) is 5.69 Å². The summed E-state index contributed by atoms with van der Waals surface area (Å²) >= 11 is 0. The van der Waals surface area contributed by atoms with E-state index in [2.05, 4.69) is 34.3 Å². The van der Waals surface area contributed by atoms with Crippen LogP contribution < -0.4 is 10.9 Å². The Labute approximate surface area is 166 Å². The molecule has 2 amide bonds. The van der Waals surface area contributed by atoms with Gasteiger partial charge in [0.2, 0.25) is 0 Å². The Bertz CT molecular complexity index is 1090. The third-order valence-electron chi connectivity index (χ3n) is 5.05. The average Bonchev–Trinajstić information content (AvgIpc) is 3.14. The first-order valence-corrected chi connectivity index (χ1v) is 9.23. The maximum Gasteiger partial charge on any atom is 0.318 e. The van der Waals surface area contributed by atoms with Gasteiger partial charge in [0.25, 0.3) is 5.56 Å². The highest BCUT2D eigenvalue weighted by atomic mass is 19.1. The van der Waals surface area contributed by atoms with Gasteiger partial charge in [-0.2, -0.15) is 5.10 Å². The second-order valence-electron chi connectivity index (χ2n) is 7.73. The van der Waals surface area contributed by atoms with E-state index in [1.165, 1.54) is 18.2 Å². The predicted octanol–water partition coefficient (Wildman–Crippen LogP) is 2.39. The van der Waals surface area contributed by atoms with Gasteiger partial charge in [0.1, 0.15) is 11.6 Å². The maximum atomic E-state index is 13.7. The number of H-pyrrole nitrogens is 1. The van der Waals surface area contributed by atoms with Gasteiger partial charge in [0, 0.05) is 36.1 Å². The summed E-state index contributed by atoms with van der Waals surface area (Å²) in [7, 11) is 0. The molecule has 8 nitrogen and oxygen atoms in total. The first-order chi connectivity index (χ1) is 13.8. The van der Waals surface area contributed by atoms with Crippen molar-refractivity contribution in [2.24, 2.45) is 5.41 Å². The number of aromatic nitrogens is 4. The molecule has 1 aliphatic heterocycles. The quantitative estimate of drug-likeness (QED) is 0.708. The summed E-state index contributed by atoms with van der Waals surface area (Å²) in [6.45, 7) is 4.88. The van der Waals surface area contributed by atoms with E-state index in [1.807, 2.05) is 0 Å². The molecule has 1 fully saturated rings. The lowest BCUT2D eigenvalue weighted by molar-refractivity contribution is -0.0224. The van der Waals surface area contributed by atoms with Crippen molar-refractivity contribution >= 4 is 6.03 Å². The van der Waals surface area contributed by atoms with E-state index in [0.717, 1.165) is 0 Å². The monoisotopic (exact) mass is 396 g/mol. The molecule has 0 bridgehead atoms. The topological polar surface area (TPSA) is 95.9 Å². The molecule has 1 saturated heterocycles. The van der Waals surface area contributed by atoms with Gasteiger partial charge in [-0.1, -0.05) is 19.9 Å². The maximum absolute atomic E-state index is 13.7. The standard InChI is InChI=1S/C20H21FN6O2/c1-20(2)12-27(19(29)23-11-14-6-7-16(28)25-24-14)17(20)18-22-8-9-26(18)15-5-3-4-13(21)10-15/h3-10,17H,11-12H2,1-2H3,(H,23,29)(H,25,28). The predicted molar refractivity (Wildman–Crippen MR) is 104 cm³/mol. The highest BCUT2D eigenvalue weighted by Gasteiger charge is 2.51. The molecule has 3 heterocycles. The normalized spacial score (nSPS) is 17.6. The van der Waals surface area contributed by atoms with Crippen LogP contribution in [-0.2, 0) is 6.54 Å². The Morgan fingerprint density at radius 2 is 2.17 bits per heavy atom. The molecule has 2 N–H and O–H groups in total. The summed E-state index contributed by atoms with van der Waals surface area (Å²) in [5.74, 6) is 0.335. The van der Waals surface area contributed by atoms with Crippen LogP contribution in [0, 0.1) is 11.2 Å². The number of imidazole rings is 1. The molecular formula is C20H21FN6O2. The Kier molecular flexibility index (Phi) is 4.65. The van der Waals surface area contributed by atoms with E-state index in [-0.39, 0.29) is 35.4 Å². The van der Waals surface area contributed by atoms with Gasteiger partial charge in [-0.05, 0) is 24.3 Å². The summed E-state index contributed by atoms with van der Waals surface area (Å²) in [5, 5.41) is 9.05. The Morgan fingerprint density at radius 3 is 2.86 bits per heavy atom. The van der Waals surface area contributed by atoms with Gasteiger partial charge < -0.3 is 14.8 Å². The van der Waals surface area contributed by atoms with Gasteiger partial charge >= 0.3 is 6.03 Å². The zero-order valence-corrected chi connectivity index (χ0v) is 16.1. The van der Waals surface area contributed by atoms with Gasteiger partial charge in [-0.3, -0.25) is 4.79 Å². The minimum atomic E-state index is -0.335. The van der Waals surface area contributed by atoms with Crippen molar-refractivity contribution in [1.82, 2.24) is 30.0 Å². The van der Waals surface area contributed by atoms with E-state index in [9.17, 15) is 14.0 Å². The Balaban J connectivity index is 1.55. The minimum absolute atomic E-state index is 0.190. The fourth-order valence-electron chi connectivity index (χ4n) is 3.71. The van der Waals surface area contributed by atoms with E-state index in [4.69, 9.17) is 0 Å². The van der Waals surface area contributed by atoms with Crippen molar-refractivity contribution in [3.05, 3.63) is 76.5 Å². The Hall–Kier alpha value is -3.49. The summed E-state index contributed by atoms with van der Waals surface area (Å²) in [6.07, 6.45) is 3.41. The van der Waals surface area contributed by atoms with E-state index < -0.39 is 0 Å². The molecule has 9 heteroatoms. The number of hydrogen-bond acceptors (Lipinski definition) is 4. The average molecular weight is 396 g/mol. The van der Waals surface area contributed by atoms with Crippen LogP contribution in [0.4, 0.5) is 9.18 Å². The van der Waals surface area contributed by atoms with Crippen molar-refractivity contribution in [3.8, 4) is 5.69 Å². The highest BCUT2D eigenvalue weighted by Crippen LogP contribution is 2.48. The molecule has 0 radical (unpaired) electrons. The third kappa shape index (κ3) is 3.63. The van der Waals surface area contributed by atoms with Gasteiger partial charge in [-0.25, -0.2) is 19.3 Å². The summed E-state index contributed by atoms with van der Waals surface area (Å²) in [4.78, 5) is 30.0. The fraction of sp³-hybridized carbons (Fsp3) is 0.300. The lowest BCUT2D eigenvalue weighted by atomic mass is 9.74. The molecule has 1 aliphatic rings. The number of benzene rings is 1. The lowest BCUT2D eigenvalue weighted by Crippen LogP contribution is -2.60. The molecule has 0 saturated carbocycles. The molecule has 0 aliphatic carbocycles. The molecule has 1 atom stereocenters. The zero-order valence-electron chi connectivity index (χ0n) is 16.1. The fourth-order valence-corrected chi connectivity index (χ4v) is 3.71. The van der Waals surface area contributed by atoms with Gasteiger partial charge in [0.05, 0.1) is 18.3 Å². The molecule has 3 aromatic rings. The largest absolute Gasteiger partial charge is 0.332 e. The van der Waals surface area contributed by atoms with E-state index in [1.54, 1.807) is 40.1 Å². The highest BCUT2D eigenvalue weighted by molar-refractivity contribution is 5.76. The van der Waals surface area contributed by atoms with Crippen LogP contribution in [-0.4, -0.2) is 37.2 Å². The molecular weight excluding hydrogens is 375 g/mol. The number of hydrogen-bond donors (Lipinski definition) is 2. The van der Waals surface area contributed by atoms with Crippen molar-refractivity contribution < 1.29 is 9.18 Å². The zero-order chi connectivity index (χ0) is 20.6. The number of carbonyl (C=O) groups is 1. The Morgan fingerprint density at radius 1 is 1.34 bits per heavy atom. The van der Waals surface area contributed by atoms with Crippen LogP contribution in [0.15, 0.2) is 53.6 Å². The van der Waals surface area contributed by atoms with Crippen molar-refractivity contribution in [1.29, 1.82) is 0 Å². The van der Waals surface area contributed by atoms with Crippen molar-refractivity contribution in [2.75, 3.05) is 6.54 Å². The molecule has 150 valence electrons. The second-order valence-corrected chi connectivity index (χ2v) is 7.73. The van der Waals surface area contributed by atoms with Crippen LogP contribution in [0.5, 0.6) is 0 Å². The summed E-state index contributed by atoms with van der Waals surface area (Å²) in [5.41, 5.74) is 0.714. The molecule has 29 heavy (non-hydrogen) atoms. The van der Waals surface area contributed by atoms with Crippen LogP contribution in [0.1, 0.15) is 31.4 Å². The van der Waals surface area contributed by atoms with Gasteiger partial charge in [-0.15, -0.1) is 0 Å². The lowest BCUT2D eigenvalue weighted by Gasteiger charge is -2.53. The van der Waals surface area contributed by atoms with Crippen LogP contribution in [0.3, 0.4) is 0 Å². The smallest absolute Gasteiger partial charge is 0.318 e. The SMILES string of the molecule is CC1(C)CN(C(=O)NCc2ccc(=O)[nH]n2)C1c1nccn1-c1cccc(F)c1. The molecule has 2 aromatic heterocycles. The van der Waals surface area contributed by atoms with Crippen LogP contribution >= 0.6 is 0 Å². The number of nitrogens with zero attached hydrogens (tertiary/aromatic N) is 4. The molecule has 4 rings (SSSR count). The number of likely N-dealkylation sites (tertiary alicyclic amines) is 1. The van der Waals surface area contributed by atoms with E-state index >= 15 is 0 Å². The number of halogens is 1. The molecule has 0 spiro atoms. The molecule has 1 aromatic carbocycles. The number of carbonyl (C=O) groups excluding carboxylic acids is 1. The van der Waals surface area contributed by atoms with E-state index in [0.29, 0.717) is 23.8 Å². The number of nitrogens with one attached hydrogen (secondary N) is 2. The van der Waals surface area contributed by atoms with Crippen molar-refractivity contribution in [2.45, 2.75) is 26.4 Å². The minimum Gasteiger partial charge on any atom is -0.332 e. The molecule has 1 unspecified atom stereocenters. The summed E-state index contributed by atoms with van der Waals surface area (Å²) < 4.78 is 15.5. The number of urea groups is 1. The van der Waals surface area contributed by atoms with Gasteiger partial charge in [0.15, 0.2) is 0 Å². The first kappa shape index (κ1) is 18.9. The first-order valence-electron chi connectivity index (χ1n) is 9.23. The number of aromatic amines is 1.